The zero-order chi connectivity index (χ0) is 15.9. The number of amides is 2. The van der Waals surface area contributed by atoms with E-state index in [4.69, 9.17) is 0 Å². The number of carbonyl (C=O) groups is 1. The summed E-state index contributed by atoms with van der Waals surface area (Å²) in [4.78, 5) is 20.5. The van der Waals surface area contributed by atoms with E-state index < -0.39 is 0 Å². The van der Waals surface area contributed by atoms with Crippen molar-refractivity contribution in [3.63, 3.8) is 0 Å². The Morgan fingerprint density at radius 1 is 1.09 bits per heavy atom. The van der Waals surface area contributed by atoms with Crippen molar-refractivity contribution < 1.29 is 4.79 Å². The predicted octanol–water partition coefficient (Wildman–Crippen LogP) is 3.45. The quantitative estimate of drug-likeness (QED) is 0.755. The van der Waals surface area contributed by atoms with Crippen molar-refractivity contribution in [2.24, 2.45) is 0 Å². The standard InChI is InChI=1S/C17H16N4OS/c22-17(19-11-14-7-9-23-12-14)21-15-6-8-18-16(20-15)10-13-4-2-1-3-5-13/h1-9,12H,10-11H2,(H2,18,19,20,21,22). The van der Waals surface area contributed by atoms with Gasteiger partial charge in [-0.05, 0) is 34.0 Å². The highest BCUT2D eigenvalue weighted by Crippen LogP contribution is 2.08. The van der Waals surface area contributed by atoms with Gasteiger partial charge in [-0.2, -0.15) is 11.3 Å². The SMILES string of the molecule is O=C(NCc1ccsc1)Nc1ccnc(Cc2ccccc2)n1. The maximum absolute atomic E-state index is 11.9. The average Bonchev–Trinajstić information content (AvgIpc) is 3.08. The number of benzene rings is 1. The van der Waals surface area contributed by atoms with Crippen molar-refractivity contribution in [2.75, 3.05) is 5.32 Å². The lowest BCUT2D eigenvalue weighted by Gasteiger charge is -2.07. The van der Waals surface area contributed by atoms with Gasteiger partial charge in [0.2, 0.25) is 0 Å². The molecule has 2 heterocycles. The fraction of sp³-hybridized carbons (Fsp3) is 0.118. The summed E-state index contributed by atoms with van der Waals surface area (Å²) >= 11 is 1.61. The number of carbonyl (C=O) groups excluding carboxylic acids is 1. The van der Waals surface area contributed by atoms with Gasteiger partial charge in [0.05, 0.1) is 0 Å². The lowest BCUT2D eigenvalue weighted by Crippen LogP contribution is -2.28. The summed E-state index contributed by atoms with van der Waals surface area (Å²) in [6.45, 7) is 0.497. The smallest absolute Gasteiger partial charge is 0.320 e. The van der Waals surface area contributed by atoms with Crippen molar-refractivity contribution in [1.29, 1.82) is 0 Å². The average molecular weight is 324 g/mol. The highest BCUT2D eigenvalue weighted by Gasteiger charge is 2.05. The van der Waals surface area contributed by atoms with Gasteiger partial charge in [0.1, 0.15) is 11.6 Å². The zero-order valence-electron chi connectivity index (χ0n) is 12.4. The summed E-state index contributed by atoms with van der Waals surface area (Å²) in [5.74, 6) is 1.17. The van der Waals surface area contributed by atoms with E-state index in [1.807, 2.05) is 47.2 Å². The maximum atomic E-state index is 11.9. The first-order valence-corrected chi connectivity index (χ1v) is 8.15. The molecular weight excluding hydrogens is 308 g/mol. The summed E-state index contributed by atoms with van der Waals surface area (Å²) < 4.78 is 0. The Kier molecular flexibility index (Phi) is 4.95. The molecule has 0 aliphatic rings. The Hall–Kier alpha value is -2.73. The van der Waals surface area contributed by atoms with E-state index in [-0.39, 0.29) is 6.03 Å². The van der Waals surface area contributed by atoms with Crippen molar-refractivity contribution in [1.82, 2.24) is 15.3 Å². The van der Waals surface area contributed by atoms with Gasteiger partial charge in [-0.25, -0.2) is 14.8 Å². The zero-order valence-corrected chi connectivity index (χ0v) is 13.2. The highest BCUT2D eigenvalue weighted by molar-refractivity contribution is 7.07. The number of nitrogens with zero attached hydrogens (tertiary/aromatic N) is 2. The molecule has 0 fully saturated rings. The van der Waals surface area contributed by atoms with Crippen molar-refractivity contribution >= 4 is 23.2 Å². The van der Waals surface area contributed by atoms with Crippen LogP contribution in [-0.2, 0) is 13.0 Å². The fourth-order valence-corrected chi connectivity index (χ4v) is 2.74. The fourth-order valence-electron chi connectivity index (χ4n) is 2.07. The van der Waals surface area contributed by atoms with Crippen LogP contribution in [0.25, 0.3) is 0 Å². The van der Waals surface area contributed by atoms with Gasteiger partial charge < -0.3 is 5.32 Å². The van der Waals surface area contributed by atoms with Crippen LogP contribution in [0, 0.1) is 0 Å². The van der Waals surface area contributed by atoms with E-state index in [1.165, 1.54) is 0 Å². The molecule has 0 saturated carbocycles. The van der Waals surface area contributed by atoms with E-state index >= 15 is 0 Å². The number of urea groups is 1. The molecule has 0 aliphatic carbocycles. The second-order valence-electron chi connectivity index (χ2n) is 4.96. The van der Waals surface area contributed by atoms with Crippen LogP contribution < -0.4 is 10.6 Å². The monoisotopic (exact) mass is 324 g/mol. The molecule has 1 aromatic carbocycles. The Labute approximate surface area is 138 Å². The van der Waals surface area contributed by atoms with Crippen molar-refractivity contribution in [3.05, 3.63) is 76.4 Å². The van der Waals surface area contributed by atoms with Crippen molar-refractivity contribution in [3.8, 4) is 0 Å². The molecule has 0 saturated heterocycles. The first-order chi connectivity index (χ1) is 11.3. The molecule has 0 bridgehead atoms. The van der Waals surface area contributed by atoms with E-state index in [9.17, 15) is 4.79 Å². The molecule has 3 rings (SSSR count). The van der Waals surface area contributed by atoms with Gasteiger partial charge in [0, 0.05) is 19.2 Å². The Bertz CT molecular complexity index is 759. The summed E-state index contributed by atoms with van der Waals surface area (Å²) in [7, 11) is 0. The number of hydrogen-bond donors (Lipinski definition) is 2. The van der Waals surface area contributed by atoms with Gasteiger partial charge in [0.25, 0.3) is 0 Å². The van der Waals surface area contributed by atoms with Crippen LogP contribution in [-0.4, -0.2) is 16.0 Å². The van der Waals surface area contributed by atoms with Crippen LogP contribution in [0.1, 0.15) is 17.0 Å². The molecule has 2 amide bonds. The molecule has 0 radical (unpaired) electrons. The van der Waals surface area contributed by atoms with E-state index in [2.05, 4.69) is 20.6 Å². The topological polar surface area (TPSA) is 66.9 Å². The van der Waals surface area contributed by atoms with Gasteiger partial charge in [-0.15, -0.1) is 0 Å². The van der Waals surface area contributed by atoms with Crippen LogP contribution in [0.5, 0.6) is 0 Å². The first kappa shape index (κ1) is 15.2. The number of thiophene rings is 1. The van der Waals surface area contributed by atoms with Crippen molar-refractivity contribution in [2.45, 2.75) is 13.0 Å². The molecule has 0 atom stereocenters. The minimum Gasteiger partial charge on any atom is -0.334 e. The van der Waals surface area contributed by atoms with Gasteiger partial charge in [-0.1, -0.05) is 30.3 Å². The molecule has 2 aromatic heterocycles. The number of anilines is 1. The van der Waals surface area contributed by atoms with E-state index in [0.717, 1.165) is 11.1 Å². The Morgan fingerprint density at radius 3 is 2.74 bits per heavy atom. The number of hydrogen-bond acceptors (Lipinski definition) is 4. The highest BCUT2D eigenvalue weighted by atomic mass is 32.1. The molecule has 23 heavy (non-hydrogen) atoms. The van der Waals surface area contributed by atoms with Gasteiger partial charge in [0.15, 0.2) is 0 Å². The van der Waals surface area contributed by atoms with E-state index in [1.54, 1.807) is 23.6 Å². The molecule has 2 N–H and O–H groups in total. The third-order valence-corrected chi connectivity index (χ3v) is 3.92. The largest absolute Gasteiger partial charge is 0.334 e. The molecule has 3 aromatic rings. The maximum Gasteiger partial charge on any atom is 0.320 e. The van der Waals surface area contributed by atoms with Crippen LogP contribution in [0.2, 0.25) is 0 Å². The van der Waals surface area contributed by atoms with Crippen LogP contribution in [0.15, 0.2) is 59.4 Å². The minimum absolute atomic E-state index is 0.277. The van der Waals surface area contributed by atoms with Crippen LogP contribution in [0.4, 0.5) is 10.6 Å². The summed E-state index contributed by atoms with van der Waals surface area (Å²) in [5.41, 5.74) is 2.21. The van der Waals surface area contributed by atoms with Crippen LogP contribution >= 0.6 is 11.3 Å². The third kappa shape index (κ3) is 4.62. The Morgan fingerprint density at radius 2 is 1.96 bits per heavy atom. The lowest BCUT2D eigenvalue weighted by molar-refractivity contribution is 0.251. The predicted molar refractivity (Wildman–Crippen MR) is 91.5 cm³/mol. The molecule has 0 aliphatic heterocycles. The molecule has 116 valence electrons. The number of aromatic nitrogens is 2. The molecule has 6 heteroatoms. The minimum atomic E-state index is -0.277. The second kappa shape index (κ2) is 7.51. The summed E-state index contributed by atoms with van der Waals surface area (Å²) in [6.07, 6.45) is 2.28. The third-order valence-electron chi connectivity index (χ3n) is 3.19. The normalized spacial score (nSPS) is 10.3. The first-order valence-electron chi connectivity index (χ1n) is 7.21. The van der Waals surface area contributed by atoms with Gasteiger partial charge in [-0.3, -0.25) is 5.32 Å². The molecule has 0 spiro atoms. The van der Waals surface area contributed by atoms with Gasteiger partial charge >= 0.3 is 6.03 Å². The summed E-state index contributed by atoms with van der Waals surface area (Å²) in [5, 5.41) is 9.52. The molecular formula is C17H16N4OS. The number of rotatable bonds is 5. The lowest BCUT2D eigenvalue weighted by atomic mass is 10.1. The number of nitrogens with one attached hydrogen (secondary N) is 2. The summed E-state index contributed by atoms with van der Waals surface area (Å²) in [6, 6.07) is 13.4. The Balaban J connectivity index is 1.57. The van der Waals surface area contributed by atoms with E-state index in [0.29, 0.717) is 24.6 Å². The molecule has 0 unspecified atom stereocenters. The second-order valence-corrected chi connectivity index (χ2v) is 5.74. The van der Waals surface area contributed by atoms with Crippen LogP contribution in [0.3, 0.4) is 0 Å². The molecule has 5 nitrogen and oxygen atoms in total.